The molecular formula is C22H27N3O2. The number of hydrogen-bond acceptors (Lipinski definition) is 3. The number of nitrogens with zero attached hydrogens (tertiary/aromatic N) is 1. The van der Waals surface area contributed by atoms with Gasteiger partial charge in [-0.25, -0.2) is 0 Å². The molecule has 0 aliphatic carbocycles. The summed E-state index contributed by atoms with van der Waals surface area (Å²) in [6.45, 7) is 5.73. The van der Waals surface area contributed by atoms with Crippen LogP contribution in [-0.2, 0) is 17.9 Å². The molecule has 0 saturated carbocycles. The Morgan fingerprint density at radius 2 is 1.67 bits per heavy atom. The SMILES string of the molecule is Cc1cccc(C(=O)NCC(=O)NCc2ccc(CN3CCCC3)cc2)c1. The predicted octanol–water partition coefficient (Wildman–Crippen LogP) is 2.64. The fraction of sp³-hybridized carbons (Fsp3) is 0.364. The van der Waals surface area contributed by atoms with Crippen LogP contribution in [0, 0.1) is 6.92 Å². The molecule has 2 N–H and O–H groups in total. The van der Waals surface area contributed by atoms with Crippen LogP contribution in [0.4, 0.5) is 0 Å². The molecule has 5 heteroatoms. The zero-order chi connectivity index (χ0) is 19.1. The van der Waals surface area contributed by atoms with Gasteiger partial charge >= 0.3 is 0 Å². The molecule has 1 aliphatic heterocycles. The Kier molecular flexibility index (Phi) is 6.60. The molecule has 0 spiro atoms. The van der Waals surface area contributed by atoms with E-state index in [1.54, 1.807) is 12.1 Å². The van der Waals surface area contributed by atoms with Crippen molar-refractivity contribution >= 4 is 11.8 Å². The van der Waals surface area contributed by atoms with Gasteiger partial charge in [-0.1, -0.05) is 42.0 Å². The molecule has 1 aliphatic rings. The van der Waals surface area contributed by atoms with E-state index in [2.05, 4.69) is 39.8 Å². The molecule has 0 atom stereocenters. The smallest absolute Gasteiger partial charge is 0.251 e. The Hall–Kier alpha value is -2.66. The second-order valence-electron chi connectivity index (χ2n) is 7.13. The third-order valence-corrected chi connectivity index (χ3v) is 4.81. The first kappa shape index (κ1) is 19.1. The average molecular weight is 365 g/mol. The zero-order valence-electron chi connectivity index (χ0n) is 15.8. The molecular weight excluding hydrogens is 338 g/mol. The van der Waals surface area contributed by atoms with Crippen molar-refractivity contribution in [2.24, 2.45) is 0 Å². The van der Waals surface area contributed by atoms with Crippen molar-refractivity contribution in [1.29, 1.82) is 0 Å². The minimum Gasteiger partial charge on any atom is -0.350 e. The Morgan fingerprint density at radius 3 is 2.37 bits per heavy atom. The van der Waals surface area contributed by atoms with Crippen LogP contribution in [0.15, 0.2) is 48.5 Å². The van der Waals surface area contributed by atoms with Crippen LogP contribution in [0.1, 0.15) is 39.9 Å². The molecule has 3 rings (SSSR count). The maximum atomic E-state index is 12.1. The largest absolute Gasteiger partial charge is 0.350 e. The second kappa shape index (κ2) is 9.33. The predicted molar refractivity (Wildman–Crippen MR) is 106 cm³/mol. The lowest BCUT2D eigenvalue weighted by molar-refractivity contribution is -0.120. The molecule has 5 nitrogen and oxygen atoms in total. The summed E-state index contributed by atoms with van der Waals surface area (Å²) >= 11 is 0. The number of aryl methyl sites for hydroxylation is 1. The second-order valence-corrected chi connectivity index (χ2v) is 7.13. The van der Waals surface area contributed by atoms with E-state index in [1.807, 2.05) is 19.1 Å². The Morgan fingerprint density at radius 1 is 0.963 bits per heavy atom. The van der Waals surface area contributed by atoms with Crippen molar-refractivity contribution in [3.63, 3.8) is 0 Å². The van der Waals surface area contributed by atoms with Crippen LogP contribution in [0.2, 0.25) is 0 Å². The molecule has 0 bridgehead atoms. The highest BCUT2D eigenvalue weighted by Gasteiger charge is 2.11. The topological polar surface area (TPSA) is 61.4 Å². The normalized spacial score (nSPS) is 14.1. The lowest BCUT2D eigenvalue weighted by Crippen LogP contribution is -2.36. The summed E-state index contributed by atoms with van der Waals surface area (Å²) in [4.78, 5) is 26.5. The van der Waals surface area contributed by atoms with Crippen molar-refractivity contribution in [3.8, 4) is 0 Å². The monoisotopic (exact) mass is 365 g/mol. The summed E-state index contributed by atoms with van der Waals surface area (Å²) in [5, 5.41) is 5.50. The number of carbonyl (C=O) groups is 2. The summed E-state index contributed by atoms with van der Waals surface area (Å²) in [6.07, 6.45) is 2.59. The minimum atomic E-state index is -0.236. The van der Waals surface area contributed by atoms with Gasteiger partial charge in [0.25, 0.3) is 5.91 Å². The summed E-state index contributed by atoms with van der Waals surface area (Å²) < 4.78 is 0. The van der Waals surface area contributed by atoms with Crippen molar-refractivity contribution in [1.82, 2.24) is 15.5 Å². The first-order valence-electron chi connectivity index (χ1n) is 9.52. The Balaban J connectivity index is 1.40. The van der Waals surface area contributed by atoms with Gasteiger partial charge in [-0.2, -0.15) is 0 Å². The number of nitrogens with one attached hydrogen (secondary N) is 2. The third kappa shape index (κ3) is 5.93. The number of benzene rings is 2. The van der Waals surface area contributed by atoms with Crippen molar-refractivity contribution in [2.75, 3.05) is 19.6 Å². The molecule has 2 amide bonds. The van der Waals surface area contributed by atoms with Gasteiger partial charge in [0, 0.05) is 18.7 Å². The minimum absolute atomic E-state index is 0.0280. The quantitative estimate of drug-likeness (QED) is 0.793. The molecule has 27 heavy (non-hydrogen) atoms. The van der Waals surface area contributed by atoms with Crippen LogP contribution in [0.25, 0.3) is 0 Å². The van der Waals surface area contributed by atoms with E-state index in [4.69, 9.17) is 0 Å². The van der Waals surface area contributed by atoms with Gasteiger partial charge < -0.3 is 10.6 Å². The van der Waals surface area contributed by atoms with Crippen LogP contribution in [0.3, 0.4) is 0 Å². The Bertz CT molecular complexity index is 780. The molecule has 0 radical (unpaired) electrons. The van der Waals surface area contributed by atoms with E-state index in [9.17, 15) is 9.59 Å². The third-order valence-electron chi connectivity index (χ3n) is 4.81. The maximum Gasteiger partial charge on any atom is 0.251 e. The summed E-state index contributed by atoms with van der Waals surface area (Å²) in [7, 11) is 0. The molecule has 0 aromatic heterocycles. The standard InChI is InChI=1S/C22H27N3O2/c1-17-5-4-6-20(13-17)22(27)24-15-21(26)23-14-18-7-9-19(10-8-18)16-25-11-2-3-12-25/h4-10,13H,2-3,11-12,14-16H2,1H3,(H,23,26)(H,24,27). The summed E-state index contributed by atoms with van der Waals surface area (Å²) in [5.74, 6) is -0.433. The van der Waals surface area contributed by atoms with Gasteiger partial charge in [-0.15, -0.1) is 0 Å². The molecule has 0 unspecified atom stereocenters. The summed E-state index contributed by atoms with van der Waals surface area (Å²) in [6, 6.07) is 15.7. The first-order valence-corrected chi connectivity index (χ1v) is 9.52. The number of carbonyl (C=O) groups excluding carboxylic acids is 2. The Labute approximate surface area is 160 Å². The van der Waals surface area contributed by atoms with Crippen molar-refractivity contribution < 1.29 is 9.59 Å². The van der Waals surface area contributed by atoms with Crippen molar-refractivity contribution in [3.05, 3.63) is 70.8 Å². The number of amides is 2. The van der Waals surface area contributed by atoms with Gasteiger partial charge in [0.15, 0.2) is 0 Å². The lowest BCUT2D eigenvalue weighted by atomic mass is 10.1. The summed E-state index contributed by atoms with van der Waals surface area (Å²) in [5.41, 5.74) is 3.94. The van der Waals surface area contributed by atoms with E-state index in [0.29, 0.717) is 12.1 Å². The lowest BCUT2D eigenvalue weighted by Gasteiger charge is -2.14. The van der Waals surface area contributed by atoms with Crippen LogP contribution in [-0.4, -0.2) is 36.3 Å². The maximum absolute atomic E-state index is 12.1. The van der Waals surface area contributed by atoms with Gasteiger partial charge in [-0.05, 0) is 56.1 Å². The fourth-order valence-electron chi connectivity index (χ4n) is 3.27. The number of likely N-dealkylation sites (tertiary alicyclic amines) is 1. The molecule has 1 fully saturated rings. The van der Waals surface area contributed by atoms with Crippen molar-refractivity contribution in [2.45, 2.75) is 32.9 Å². The van der Waals surface area contributed by atoms with E-state index >= 15 is 0 Å². The first-order chi connectivity index (χ1) is 13.1. The van der Waals surface area contributed by atoms with E-state index < -0.39 is 0 Å². The highest BCUT2D eigenvalue weighted by atomic mass is 16.2. The van der Waals surface area contributed by atoms with E-state index in [0.717, 1.165) is 17.7 Å². The molecule has 1 heterocycles. The molecule has 142 valence electrons. The zero-order valence-corrected chi connectivity index (χ0v) is 15.8. The number of hydrogen-bond donors (Lipinski definition) is 2. The van der Waals surface area contributed by atoms with Gasteiger partial charge in [0.05, 0.1) is 6.54 Å². The van der Waals surface area contributed by atoms with Crippen LogP contribution < -0.4 is 10.6 Å². The highest BCUT2D eigenvalue weighted by molar-refractivity contribution is 5.96. The van der Waals surface area contributed by atoms with Gasteiger partial charge in [-0.3, -0.25) is 14.5 Å². The molecule has 2 aromatic carbocycles. The van der Waals surface area contributed by atoms with E-state index in [1.165, 1.54) is 31.5 Å². The van der Waals surface area contributed by atoms with Gasteiger partial charge in [0.2, 0.25) is 5.91 Å². The molecule has 2 aromatic rings. The highest BCUT2D eigenvalue weighted by Crippen LogP contribution is 2.13. The molecule has 1 saturated heterocycles. The van der Waals surface area contributed by atoms with E-state index in [-0.39, 0.29) is 18.4 Å². The number of rotatable bonds is 7. The van der Waals surface area contributed by atoms with Crippen LogP contribution >= 0.6 is 0 Å². The van der Waals surface area contributed by atoms with Gasteiger partial charge in [0.1, 0.15) is 0 Å². The average Bonchev–Trinajstić information content (AvgIpc) is 3.18. The van der Waals surface area contributed by atoms with Crippen LogP contribution in [0.5, 0.6) is 0 Å². The fourth-order valence-corrected chi connectivity index (χ4v) is 3.27.